The quantitative estimate of drug-likeness (QED) is 0.812. The number of methoxy groups -OCH3 is 1. The highest BCUT2D eigenvalue weighted by molar-refractivity contribution is 5.97. The van der Waals surface area contributed by atoms with Crippen LogP contribution < -0.4 is 15.4 Å². The fourth-order valence-electron chi connectivity index (χ4n) is 1.94. The fourth-order valence-corrected chi connectivity index (χ4v) is 1.94. The zero-order valence-electron chi connectivity index (χ0n) is 14.0. The Morgan fingerprint density at radius 1 is 1.09 bits per heavy atom. The minimum Gasteiger partial charge on any atom is -0.497 e. The van der Waals surface area contributed by atoms with E-state index in [0.717, 1.165) is 6.42 Å². The molecule has 0 aromatic heterocycles. The molecule has 0 bridgehead atoms. The maximum absolute atomic E-state index is 12.3. The minimum atomic E-state index is -0.552. The molecule has 0 saturated heterocycles. The second-order valence-corrected chi connectivity index (χ2v) is 5.74. The third-order valence-electron chi connectivity index (χ3n) is 3.59. The molecule has 2 N–H and O–H groups in total. The Labute approximate surface area is 132 Å². The van der Waals surface area contributed by atoms with E-state index in [1.165, 1.54) is 0 Å². The van der Waals surface area contributed by atoms with Gasteiger partial charge >= 0.3 is 0 Å². The summed E-state index contributed by atoms with van der Waals surface area (Å²) in [6, 6.07) is 6.34. The molecule has 0 aliphatic carbocycles. The Bertz CT molecular complexity index is 497. The highest BCUT2D eigenvalue weighted by Gasteiger charge is 2.25. The van der Waals surface area contributed by atoms with Crippen LogP contribution in [0.4, 0.5) is 0 Å². The molecular formula is C17H26N2O3. The summed E-state index contributed by atoms with van der Waals surface area (Å²) in [5.74, 6) is 0.282. The van der Waals surface area contributed by atoms with Gasteiger partial charge in [-0.25, -0.2) is 0 Å². The van der Waals surface area contributed by atoms with Gasteiger partial charge in [-0.1, -0.05) is 20.8 Å². The predicted octanol–water partition coefficient (Wildman–Crippen LogP) is 2.36. The molecule has 2 atom stereocenters. The van der Waals surface area contributed by atoms with Crippen LogP contribution in [0.15, 0.2) is 24.3 Å². The zero-order valence-corrected chi connectivity index (χ0v) is 14.0. The van der Waals surface area contributed by atoms with Gasteiger partial charge in [-0.3, -0.25) is 9.59 Å². The van der Waals surface area contributed by atoms with Gasteiger partial charge in [0.25, 0.3) is 5.91 Å². The van der Waals surface area contributed by atoms with Gasteiger partial charge in [0, 0.05) is 11.6 Å². The highest BCUT2D eigenvalue weighted by Crippen LogP contribution is 2.12. The van der Waals surface area contributed by atoms with Crippen LogP contribution in [0, 0.1) is 5.92 Å². The van der Waals surface area contributed by atoms with Crippen LogP contribution in [0.5, 0.6) is 5.75 Å². The van der Waals surface area contributed by atoms with Crippen molar-refractivity contribution in [2.45, 2.75) is 46.2 Å². The summed E-state index contributed by atoms with van der Waals surface area (Å²) in [7, 11) is 1.57. The Hall–Kier alpha value is -2.04. The first-order valence-corrected chi connectivity index (χ1v) is 7.64. The number of benzene rings is 1. The number of rotatable bonds is 7. The van der Waals surface area contributed by atoms with Gasteiger partial charge < -0.3 is 15.4 Å². The van der Waals surface area contributed by atoms with Crippen molar-refractivity contribution < 1.29 is 14.3 Å². The molecule has 1 aromatic carbocycles. The van der Waals surface area contributed by atoms with Crippen molar-refractivity contribution in [1.82, 2.24) is 10.6 Å². The lowest BCUT2D eigenvalue weighted by Crippen LogP contribution is -2.51. The molecule has 0 heterocycles. The number of ether oxygens (including phenoxy) is 1. The van der Waals surface area contributed by atoms with Gasteiger partial charge in [0.05, 0.1) is 7.11 Å². The Balaban J connectivity index is 2.76. The average Bonchev–Trinajstić information content (AvgIpc) is 2.51. The van der Waals surface area contributed by atoms with Crippen molar-refractivity contribution in [3.63, 3.8) is 0 Å². The van der Waals surface area contributed by atoms with Gasteiger partial charge in [-0.05, 0) is 43.5 Å². The number of hydrogen-bond acceptors (Lipinski definition) is 3. The van der Waals surface area contributed by atoms with E-state index >= 15 is 0 Å². The summed E-state index contributed by atoms with van der Waals surface area (Å²) >= 11 is 0. The van der Waals surface area contributed by atoms with Crippen molar-refractivity contribution in [3.8, 4) is 5.75 Å². The molecule has 2 amide bonds. The topological polar surface area (TPSA) is 67.4 Å². The smallest absolute Gasteiger partial charge is 0.251 e. The van der Waals surface area contributed by atoms with Gasteiger partial charge in [-0.15, -0.1) is 0 Å². The van der Waals surface area contributed by atoms with Crippen molar-refractivity contribution in [2.75, 3.05) is 7.11 Å². The van der Waals surface area contributed by atoms with E-state index in [1.54, 1.807) is 31.4 Å². The molecule has 5 nitrogen and oxygen atoms in total. The molecule has 0 fully saturated rings. The standard InChI is InChI=1S/C17H26N2O3/c1-6-12(4)18-17(21)15(11(2)3)19-16(20)13-7-9-14(22-5)10-8-13/h7-12,15H,6H2,1-5H3,(H,18,21)(H,19,20). The van der Waals surface area contributed by atoms with E-state index in [0.29, 0.717) is 11.3 Å². The lowest BCUT2D eigenvalue weighted by Gasteiger charge is -2.23. The normalized spacial score (nSPS) is 13.4. The molecule has 1 rings (SSSR count). The van der Waals surface area contributed by atoms with Crippen LogP contribution in [0.25, 0.3) is 0 Å². The maximum atomic E-state index is 12.3. The van der Waals surface area contributed by atoms with Crippen LogP contribution in [0.3, 0.4) is 0 Å². The van der Waals surface area contributed by atoms with Crippen molar-refractivity contribution in [1.29, 1.82) is 0 Å². The third kappa shape index (κ3) is 5.06. The molecule has 2 unspecified atom stereocenters. The predicted molar refractivity (Wildman–Crippen MR) is 87.0 cm³/mol. The van der Waals surface area contributed by atoms with Crippen LogP contribution in [0.1, 0.15) is 44.5 Å². The average molecular weight is 306 g/mol. The first kappa shape index (κ1) is 18.0. The van der Waals surface area contributed by atoms with Gasteiger partial charge in [0.1, 0.15) is 11.8 Å². The van der Waals surface area contributed by atoms with Gasteiger partial charge in [-0.2, -0.15) is 0 Å². The summed E-state index contributed by atoms with van der Waals surface area (Å²) in [6.45, 7) is 7.77. The fraction of sp³-hybridized carbons (Fsp3) is 0.529. The zero-order chi connectivity index (χ0) is 16.7. The Morgan fingerprint density at radius 3 is 2.14 bits per heavy atom. The third-order valence-corrected chi connectivity index (χ3v) is 3.59. The second kappa shape index (κ2) is 8.41. The molecule has 0 radical (unpaired) electrons. The molecule has 5 heteroatoms. The Morgan fingerprint density at radius 2 is 1.68 bits per heavy atom. The first-order valence-electron chi connectivity index (χ1n) is 7.64. The summed E-state index contributed by atoms with van der Waals surface area (Å²) in [4.78, 5) is 24.6. The minimum absolute atomic E-state index is 0.00579. The number of carbonyl (C=O) groups is 2. The number of carbonyl (C=O) groups excluding carboxylic acids is 2. The van der Waals surface area contributed by atoms with E-state index in [4.69, 9.17) is 4.74 Å². The van der Waals surface area contributed by atoms with E-state index in [-0.39, 0.29) is 23.8 Å². The molecule has 0 aliphatic heterocycles. The number of nitrogens with one attached hydrogen (secondary N) is 2. The van der Waals surface area contributed by atoms with Crippen LogP contribution in [-0.2, 0) is 4.79 Å². The first-order chi connectivity index (χ1) is 10.4. The van der Waals surface area contributed by atoms with E-state index < -0.39 is 6.04 Å². The van der Waals surface area contributed by atoms with Crippen molar-refractivity contribution in [3.05, 3.63) is 29.8 Å². The van der Waals surface area contributed by atoms with E-state index in [1.807, 2.05) is 27.7 Å². The molecule has 1 aromatic rings. The summed E-state index contributed by atoms with van der Waals surface area (Å²) in [6.07, 6.45) is 0.850. The second-order valence-electron chi connectivity index (χ2n) is 5.74. The summed E-state index contributed by atoms with van der Waals surface area (Å²) in [5, 5.41) is 5.72. The van der Waals surface area contributed by atoms with Crippen molar-refractivity contribution >= 4 is 11.8 Å². The molecule has 22 heavy (non-hydrogen) atoms. The summed E-state index contributed by atoms with van der Waals surface area (Å²) in [5.41, 5.74) is 0.503. The molecular weight excluding hydrogens is 280 g/mol. The van der Waals surface area contributed by atoms with Crippen LogP contribution >= 0.6 is 0 Å². The van der Waals surface area contributed by atoms with Crippen molar-refractivity contribution in [2.24, 2.45) is 5.92 Å². The molecule has 0 saturated carbocycles. The van der Waals surface area contributed by atoms with Gasteiger partial charge in [0.2, 0.25) is 5.91 Å². The lowest BCUT2D eigenvalue weighted by atomic mass is 10.0. The largest absolute Gasteiger partial charge is 0.497 e. The van der Waals surface area contributed by atoms with E-state index in [9.17, 15) is 9.59 Å². The monoisotopic (exact) mass is 306 g/mol. The van der Waals surface area contributed by atoms with Crippen LogP contribution in [-0.4, -0.2) is 31.0 Å². The number of hydrogen-bond donors (Lipinski definition) is 2. The number of amides is 2. The summed E-state index contributed by atoms with van der Waals surface area (Å²) < 4.78 is 5.07. The van der Waals surface area contributed by atoms with Crippen LogP contribution in [0.2, 0.25) is 0 Å². The van der Waals surface area contributed by atoms with E-state index in [2.05, 4.69) is 10.6 Å². The highest BCUT2D eigenvalue weighted by atomic mass is 16.5. The Kier molecular flexibility index (Phi) is 6.89. The SMILES string of the molecule is CCC(C)NC(=O)C(NC(=O)c1ccc(OC)cc1)C(C)C. The molecule has 122 valence electrons. The molecule has 0 aliphatic rings. The van der Waals surface area contributed by atoms with Gasteiger partial charge in [0.15, 0.2) is 0 Å². The molecule has 0 spiro atoms. The maximum Gasteiger partial charge on any atom is 0.251 e. The lowest BCUT2D eigenvalue weighted by molar-refractivity contribution is -0.124.